The van der Waals surface area contributed by atoms with Gasteiger partial charge in [-0.2, -0.15) is 5.10 Å². The number of carboxylic acids is 2. The van der Waals surface area contributed by atoms with Gasteiger partial charge in [0, 0.05) is 15.7 Å². The van der Waals surface area contributed by atoms with Gasteiger partial charge in [0.15, 0.2) is 5.16 Å². The van der Waals surface area contributed by atoms with Crippen LogP contribution < -0.4 is 5.32 Å². The molecule has 0 aliphatic heterocycles. The molecule has 24 heavy (non-hydrogen) atoms. The van der Waals surface area contributed by atoms with Crippen molar-refractivity contribution in [2.24, 2.45) is 0 Å². The Morgan fingerprint density at radius 3 is 2.17 bits per heavy atom. The van der Waals surface area contributed by atoms with E-state index >= 15 is 0 Å². The molecule has 12 heteroatoms. The Morgan fingerprint density at radius 1 is 1.12 bits per heavy atom. The van der Waals surface area contributed by atoms with Gasteiger partial charge in [-0.1, -0.05) is 35.0 Å². The molecule has 1 heterocycles. The van der Waals surface area contributed by atoms with E-state index in [2.05, 4.69) is 20.5 Å². The van der Waals surface area contributed by atoms with E-state index in [-0.39, 0.29) is 11.7 Å². The van der Waals surface area contributed by atoms with Crippen molar-refractivity contribution in [1.29, 1.82) is 0 Å². The number of carbonyl (C=O) groups is 3. The number of carbonyl (C=O) groups excluding carboxylic acids is 1. The summed E-state index contributed by atoms with van der Waals surface area (Å²) in [5.41, 5.74) is 0.565. The number of hydrogen-bond donors (Lipinski definition) is 4. The molecule has 0 saturated carbocycles. The minimum absolute atomic E-state index is 0.172. The van der Waals surface area contributed by atoms with Crippen molar-refractivity contribution >= 4 is 58.5 Å². The molecule has 1 aromatic carbocycles. The Kier molecular flexibility index (Phi) is 8.02. The molecule has 4 N–H and O–H groups in total. The number of amides is 1. The number of benzene rings is 1. The van der Waals surface area contributed by atoms with Gasteiger partial charge in [-0.05, 0) is 18.2 Å². The highest BCUT2D eigenvalue weighted by atomic mass is 35.5. The maximum absolute atomic E-state index is 11.7. The van der Waals surface area contributed by atoms with Crippen LogP contribution in [0.3, 0.4) is 0 Å². The number of rotatable bonds is 4. The van der Waals surface area contributed by atoms with Crippen LogP contribution in [0.15, 0.2) is 29.7 Å². The minimum atomic E-state index is -1.82. The number of anilines is 1. The molecule has 0 radical (unpaired) electrons. The van der Waals surface area contributed by atoms with Crippen molar-refractivity contribution < 1.29 is 24.6 Å². The van der Waals surface area contributed by atoms with Crippen molar-refractivity contribution in [2.75, 3.05) is 11.1 Å². The zero-order valence-corrected chi connectivity index (χ0v) is 14.0. The molecule has 0 unspecified atom stereocenters. The lowest BCUT2D eigenvalue weighted by atomic mass is 10.3. The Bertz CT molecular complexity index is 694. The Balaban J connectivity index is 0.000000413. The molecule has 2 aromatic rings. The summed E-state index contributed by atoms with van der Waals surface area (Å²) in [5, 5.41) is 25.4. The fraction of sp³-hybridized carbons (Fsp3) is 0.0833. The molecule has 0 atom stereocenters. The molecule has 0 aliphatic rings. The number of nitrogens with zero attached hydrogens (tertiary/aromatic N) is 2. The van der Waals surface area contributed by atoms with Crippen LogP contribution >= 0.6 is 35.0 Å². The van der Waals surface area contributed by atoms with Gasteiger partial charge in [0.25, 0.3) is 0 Å². The van der Waals surface area contributed by atoms with Gasteiger partial charge in [0.2, 0.25) is 5.91 Å². The first-order valence-electron chi connectivity index (χ1n) is 5.98. The summed E-state index contributed by atoms with van der Waals surface area (Å²) in [4.78, 5) is 33.7. The fourth-order valence-corrected chi connectivity index (χ4v) is 2.33. The summed E-state index contributed by atoms with van der Waals surface area (Å²) in [6, 6.07) is 4.86. The number of thioether (sulfide) groups is 1. The normalized spacial score (nSPS) is 9.58. The lowest BCUT2D eigenvalue weighted by Crippen LogP contribution is -2.14. The van der Waals surface area contributed by atoms with Crippen molar-refractivity contribution in [3.8, 4) is 0 Å². The first-order valence-corrected chi connectivity index (χ1v) is 7.72. The van der Waals surface area contributed by atoms with E-state index in [1.165, 1.54) is 18.1 Å². The SMILES string of the molecule is O=C(CSc1ncn[nH]1)Nc1cc(Cl)cc(Cl)c1.O=C(O)C(=O)O. The number of aromatic amines is 1. The Morgan fingerprint density at radius 2 is 1.71 bits per heavy atom. The van der Waals surface area contributed by atoms with Gasteiger partial charge >= 0.3 is 11.9 Å². The van der Waals surface area contributed by atoms with Crippen molar-refractivity contribution in [2.45, 2.75) is 5.16 Å². The number of H-pyrrole nitrogens is 1. The lowest BCUT2D eigenvalue weighted by Gasteiger charge is -2.05. The molecule has 128 valence electrons. The van der Waals surface area contributed by atoms with Crippen LogP contribution in [-0.2, 0) is 14.4 Å². The first kappa shape index (κ1) is 19.7. The second-order valence-corrected chi connectivity index (χ2v) is 5.73. The van der Waals surface area contributed by atoms with Crippen LogP contribution in [0.1, 0.15) is 0 Å². The standard InChI is InChI=1S/C10H8Cl2N4OS.C2H2O4/c11-6-1-7(12)3-8(2-6)15-9(17)4-18-10-13-5-14-16-10;3-1(4)2(5)6/h1-3,5H,4H2,(H,15,17)(H,13,14,16);(H,3,4)(H,5,6). The van der Waals surface area contributed by atoms with Crippen LogP contribution in [0, 0.1) is 0 Å². The average Bonchev–Trinajstić information content (AvgIpc) is 2.97. The molecule has 1 amide bonds. The zero-order chi connectivity index (χ0) is 18.1. The average molecular weight is 393 g/mol. The molecule has 0 saturated heterocycles. The van der Waals surface area contributed by atoms with Crippen molar-refractivity contribution in [3.05, 3.63) is 34.6 Å². The molecule has 0 spiro atoms. The van der Waals surface area contributed by atoms with Gasteiger partial charge in [-0.3, -0.25) is 9.89 Å². The summed E-state index contributed by atoms with van der Waals surface area (Å²) in [7, 11) is 0. The number of aromatic nitrogens is 3. The molecule has 0 bridgehead atoms. The summed E-state index contributed by atoms with van der Waals surface area (Å²) in [6.07, 6.45) is 1.39. The Labute approximate surface area is 149 Å². The topological polar surface area (TPSA) is 145 Å². The lowest BCUT2D eigenvalue weighted by molar-refractivity contribution is -0.159. The summed E-state index contributed by atoms with van der Waals surface area (Å²) in [6.45, 7) is 0. The predicted octanol–water partition coefficient (Wildman–Crippen LogP) is 2.00. The van der Waals surface area contributed by atoms with Crippen LogP contribution in [0.2, 0.25) is 10.0 Å². The Hall–Kier alpha value is -2.30. The molecule has 2 rings (SSSR count). The number of aliphatic carboxylic acids is 2. The second-order valence-electron chi connectivity index (χ2n) is 3.90. The molecular formula is C12H10Cl2N4O5S. The van der Waals surface area contributed by atoms with Crippen LogP contribution in [0.25, 0.3) is 0 Å². The third-order valence-corrected chi connectivity index (χ3v) is 3.38. The molecular weight excluding hydrogens is 383 g/mol. The summed E-state index contributed by atoms with van der Waals surface area (Å²) in [5.74, 6) is -3.60. The number of halogens is 2. The number of nitrogens with one attached hydrogen (secondary N) is 2. The van der Waals surface area contributed by atoms with E-state index in [0.717, 1.165) is 0 Å². The van der Waals surface area contributed by atoms with Crippen molar-refractivity contribution in [1.82, 2.24) is 15.2 Å². The molecule has 0 aliphatic carbocycles. The number of carboxylic acid groups (broad SMARTS) is 2. The smallest absolute Gasteiger partial charge is 0.414 e. The monoisotopic (exact) mass is 392 g/mol. The van der Waals surface area contributed by atoms with Gasteiger partial charge in [0.05, 0.1) is 5.75 Å². The third-order valence-electron chi connectivity index (χ3n) is 2.06. The van der Waals surface area contributed by atoms with Gasteiger partial charge in [-0.15, -0.1) is 0 Å². The third kappa shape index (κ3) is 7.81. The van der Waals surface area contributed by atoms with Crippen LogP contribution in [0.5, 0.6) is 0 Å². The van der Waals surface area contributed by atoms with Gasteiger partial charge < -0.3 is 15.5 Å². The van der Waals surface area contributed by atoms with E-state index in [1.54, 1.807) is 18.2 Å². The molecule has 0 fully saturated rings. The number of hydrogen-bond acceptors (Lipinski definition) is 6. The largest absolute Gasteiger partial charge is 0.473 e. The summed E-state index contributed by atoms with van der Waals surface area (Å²) >= 11 is 12.9. The van der Waals surface area contributed by atoms with Crippen LogP contribution in [0.4, 0.5) is 5.69 Å². The van der Waals surface area contributed by atoms with E-state index in [0.29, 0.717) is 20.9 Å². The summed E-state index contributed by atoms with van der Waals surface area (Å²) < 4.78 is 0. The zero-order valence-electron chi connectivity index (χ0n) is 11.7. The molecule has 9 nitrogen and oxygen atoms in total. The van der Waals surface area contributed by atoms with Gasteiger partial charge in [0.1, 0.15) is 6.33 Å². The van der Waals surface area contributed by atoms with E-state index in [9.17, 15) is 4.79 Å². The fourth-order valence-electron chi connectivity index (χ4n) is 1.22. The highest BCUT2D eigenvalue weighted by molar-refractivity contribution is 7.99. The highest BCUT2D eigenvalue weighted by Crippen LogP contribution is 2.22. The van der Waals surface area contributed by atoms with E-state index in [4.69, 9.17) is 43.0 Å². The minimum Gasteiger partial charge on any atom is -0.473 e. The second kappa shape index (κ2) is 9.75. The van der Waals surface area contributed by atoms with E-state index in [1.807, 2.05) is 0 Å². The van der Waals surface area contributed by atoms with Crippen molar-refractivity contribution in [3.63, 3.8) is 0 Å². The first-order chi connectivity index (χ1) is 11.3. The quantitative estimate of drug-likeness (QED) is 0.456. The maximum Gasteiger partial charge on any atom is 0.414 e. The molecule has 1 aromatic heterocycles. The maximum atomic E-state index is 11.7. The van der Waals surface area contributed by atoms with Gasteiger partial charge in [-0.25, -0.2) is 14.6 Å². The highest BCUT2D eigenvalue weighted by Gasteiger charge is 2.06. The predicted molar refractivity (Wildman–Crippen MR) is 87.5 cm³/mol. The van der Waals surface area contributed by atoms with E-state index < -0.39 is 11.9 Å². The van der Waals surface area contributed by atoms with Crippen LogP contribution in [-0.4, -0.2) is 49.0 Å².